The fraction of sp³-hybridized carbons (Fsp3) is 0.263. The summed E-state index contributed by atoms with van der Waals surface area (Å²) < 4.78 is 27.4. The summed E-state index contributed by atoms with van der Waals surface area (Å²) in [4.78, 5) is 17.1. The Morgan fingerprint density at radius 2 is 1.89 bits per heavy atom. The van der Waals surface area contributed by atoms with E-state index in [1.807, 2.05) is 35.8 Å². The molecule has 3 aromatic rings. The number of nitrogens with one attached hydrogen (secondary N) is 1. The van der Waals surface area contributed by atoms with Crippen molar-refractivity contribution >= 4 is 38.6 Å². The molecule has 1 amide bonds. The number of nitrogens with zero attached hydrogens (tertiary/aromatic N) is 3. The van der Waals surface area contributed by atoms with E-state index >= 15 is 0 Å². The van der Waals surface area contributed by atoms with E-state index in [1.54, 1.807) is 24.3 Å². The van der Waals surface area contributed by atoms with Gasteiger partial charge in [0.2, 0.25) is 16.0 Å². The molecule has 0 bridgehead atoms. The molecule has 8 heteroatoms. The van der Waals surface area contributed by atoms with Gasteiger partial charge < -0.3 is 4.57 Å². The van der Waals surface area contributed by atoms with Crippen molar-refractivity contribution in [3.8, 4) is 0 Å². The lowest BCUT2D eigenvalue weighted by atomic mass is 10.2. The van der Waals surface area contributed by atoms with E-state index in [1.165, 1.54) is 4.31 Å². The second-order valence-corrected chi connectivity index (χ2v) is 8.42. The average molecular weight is 384 g/mol. The molecule has 2 aromatic carbocycles. The lowest BCUT2D eigenvalue weighted by molar-refractivity contribution is 0.102. The smallest absolute Gasteiger partial charge is 0.257 e. The number of amides is 1. The number of fused-ring (bicyclic) bond motifs is 1. The molecule has 0 spiro atoms. The van der Waals surface area contributed by atoms with Crippen LogP contribution in [0.15, 0.2) is 48.5 Å². The molecule has 1 N–H and O–H groups in total. The van der Waals surface area contributed by atoms with Crippen LogP contribution in [0.1, 0.15) is 23.7 Å². The summed E-state index contributed by atoms with van der Waals surface area (Å²) in [5.41, 5.74) is 2.82. The Balaban J connectivity index is 1.57. The summed E-state index contributed by atoms with van der Waals surface area (Å²) in [7, 11) is -3.23. The van der Waals surface area contributed by atoms with Gasteiger partial charge in [0.25, 0.3) is 5.91 Å². The molecule has 1 fully saturated rings. The van der Waals surface area contributed by atoms with Crippen molar-refractivity contribution in [3.05, 3.63) is 54.1 Å². The van der Waals surface area contributed by atoms with Gasteiger partial charge in [0.05, 0.1) is 22.5 Å². The zero-order chi connectivity index (χ0) is 19.0. The molecule has 0 atom stereocenters. The van der Waals surface area contributed by atoms with Crippen LogP contribution >= 0.6 is 0 Å². The molecule has 0 unspecified atom stereocenters. The van der Waals surface area contributed by atoms with E-state index in [4.69, 9.17) is 0 Å². The molecular formula is C19H20N4O3S. The molecular weight excluding hydrogens is 364 g/mol. The van der Waals surface area contributed by atoms with Crippen molar-refractivity contribution in [2.24, 2.45) is 0 Å². The summed E-state index contributed by atoms with van der Waals surface area (Å²) in [6.07, 6.45) is 0.623. The number of aromatic nitrogens is 2. The number of anilines is 2. The molecule has 0 aliphatic carbocycles. The number of sulfonamides is 1. The fourth-order valence-electron chi connectivity index (χ4n) is 3.37. The lowest BCUT2D eigenvalue weighted by Crippen LogP contribution is -2.25. The van der Waals surface area contributed by atoms with Gasteiger partial charge >= 0.3 is 0 Å². The van der Waals surface area contributed by atoms with Crippen molar-refractivity contribution in [3.63, 3.8) is 0 Å². The predicted octanol–water partition coefficient (Wildman–Crippen LogP) is 2.85. The van der Waals surface area contributed by atoms with Crippen LogP contribution in [0, 0.1) is 0 Å². The van der Waals surface area contributed by atoms with Gasteiger partial charge in [0.1, 0.15) is 0 Å². The van der Waals surface area contributed by atoms with E-state index in [9.17, 15) is 13.2 Å². The average Bonchev–Trinajstić information content (AvgIpc) is 3.20. The third kappa shape index (κ3) is 3.16. The highest BCUT2D eigenvalue weighted by molar-refractivity contribution is 7.93. The first-order valence-electron chi connectivity index (χ1n) is 8.87. The molecule has 0 radical (unpaired) electrons. The van der Waals surface area contributed by atoms with Crippen LogP contribution in [0.2, 0.25) is 0 Å². The molecule has 140 valence electrons. The number of aryl methyl sites for hydroxylation is 1. The van der Waals surface area contributed by atoms with E-state index in [-0.39, 0.29) is 11.7 Å². The van der Waals surface area contributed by atoms with Crippen LogP contribution < -0.4 is 9.62 Å². The first kappa shape index (κ1) is 17.5. The van der Waals surface area contributed by atoms with Gasteiger partial charge in [-0.2, -0.15) is 0 Å². The molecule has 1 aliphatic heterocycles. The quantitative estimate of drug-likeness (QED) is 0.750. The second kappa shape index (κ2) is 6.70. The van der Waals surface area contributed by atoms with Crippen LogP contribution in [0.25, 0.3) is 11.0 Å². The van der Waals surface area contributed by atoms with E-state index in [0.717, 1.165) is 11.0 Å². The lowest BCUT2D eigenvalue weighted by Gasteiger charge is -2.17. The number of carbonyl (C=O) groups excluding carboxylic acids is 1. The van der Waals surface area contributed by atoms with Gasteiger partial charge in [-0.1, -0.05) is 12.1 Å². The molecule has 7 nitrogen and oxygen atoms in total. The van der Waals surface area contributed by atoms with Crippen LogP contribution in [-0.2, 0) is 16.6 Å². The highest BCUT2D eigenvalue weighted by atomic mass is 32.2. The van der Waals surface area contributed by atoms with Crippen molar-refractivity contribution < 1.29 is 13.2 Å². The maximum atomic E-state index is 12.6. The molecule has 27 heavy (non-hydrogen) atoms. The largest absolute Gasteiger partial charge is 0.310 e. The van der Waals surface area contributed by atoms with Crippen molar-refractivity contribution in [1.82, 2.24) is 9.55 Å². The highest BCUT2D eigenvalue weighted by Gasteiger charge is 2.28. The maximum absolute atomic E-state index is 12.6. The number of imidazole rings is 1. The number of carbonyl (C=O) groups is 1. The number of hydrogen-bond acceptors (Lipinski definition) is 4. The predicted molar refractivity (Wildman–Crippen MR) is 106 cm³/mol. The minimum atomic E-state index is -3.23. The molecule has 1 aliphatic rings. The Morgan fingerprint density at radius 3 is 2.56 bits per heavy atom. The summed E-state index contributed by atoms with van der Waals surface area (Å²) >= 11 is 0. The van der Waals surface area contributed by atoms with E-state index in [2.05, 4.69) is 10.3 Å². The van der Waals surface area contributed by atoms with Gasteiger partial charge in [-0.25, -0.2) is 13.4 Å². The zero-order valence-corrected chi connectivity index (χ0v) is 15.7. The molecule has 1 aromatic heterocycles. The second-order valence-electron chi connectivity index (χ2n) is 6.41. The monoisotopic (exact) mass is 384 g/mol. The van der Waals surface area contributed by atoms with Crippen LogP contribution in [0.3, 0.4) is 0 Å². The molecule has 4 rings (SSSR count). The molecule has 0 saturated carbocycles. The first-order valence-corrected chi connectivity index (χ1v) is 10.5. The summed E-state index contributed by atoms with van der Waals surface area (Å²) in [6, 6.07) is 14.3. The molecule has 2 heterocycles. The van der Waals surface area contributed by atoms with E-state index < -0.39 is 10.0 Å². The van der Waals surface area contributed by atoms with Gasteiger partial charge in [0.15, 0.2) is 0 Å². The standard InChI is InChI=1S/C19H20N4O3S/c1-2-22-17-7-4-3-6-16(17)20-19(22)21-18(24)14-8-10-15(11-9-14)23-12-5-13-27(23,25)26/h3-4,6-11H,2,5,12-13H2,1H3,(H,20,21,24). The molecule has 1 saturated heterocycles. The number of benzene rings is 2. The van der Waals surface area contributed by atoms with Gasteiger partial charge in [-0.05, 0) is 49.7 Å². The van der Waals surface area contributed by atoms with Crippen molar-refractivity contribution in [2.75, 3.05) is 21.9 Å². The Bertz CT molecular complexity index is 1100. The fourth-order valence-corrected chi connectivity index (χ4v) is 4.94. The maximum Gasteiger partial charge on any atom is 0.257 e. The minimum absolute atomic E-state index is 0.169. The normalized spacial score (nSPS) is 16.0. The summed E-state index contributed by atoms with van der Waals surface area (Å²) in [5, 5.41) is 2.85. The Morgan fingerprint density at radius 1 is 1.15 bits per heavy atom. The number of para-hydroxylation sites is 2. The topological polar surface area (TPSA) is 84.3 Å². The van der Waals surface area contributed by atoms with Gasteiger partial charge in [-0.15, -0.1) is 0 Å². The highest BCUT2D eigenvalue weighted by Crippen LogP contribution is 2.25. The summed E-state index contributed by atoms with van der Waals surface area (Å²) in [5.74, 6) is 0.383. The van der Waals surface area contributed by atoms with Gasteiger partial charge in [0, 0.05) is 18.7 Å². The van der Waals surface area contributed by atoms with Crippen LogP contribution in [-0.4, -0.2) is 36.2 Å². The Hall–Kier alpha value is -2.87. The third-order valence-corrected chi connectivity index (χ3v) is 6.58. The minimum Gasteiger partial charge on any atom is -0.310 e. The van der Waals surface area contributed by atoms with Crippen LogP contribution in [0.4, 0.5) is 11.6 Å². The summed E-state index contributed by atoms with van der Waals surface area (Å²) in [6.45, 7) is 3.16. The number of hydrogen-bond donors (Lipinski definition) is 1. The van der Waals surface area contributed by atoms with Crippen molar-refractivity contribution in [1.29, 1.82) is 0 Å². The SMILES string of the molecule is CCn1c(NC(=O)c2ccc(N3CCCS3(=O)=O)cc2)nc2ccccc21. The van der Waals surface area contributed by atoms with Gasteiger partial charge in [-0.3, -0.25) is 14.4 Å². The number of rotatable bonds is 4. The van der Waals surface area contributed by atoms with E-state index in [0.29, 0.717) is 36.7 Å². The van der Waals surface area contributed by atoms with Crippen molar-refractivity contribution in [2.45, 2.75) is 19.9 Å². The Kier molecular flexibility index (Phi) is 4.35. The van der Waals surface area contributed by atoms with Crippen LogP contribution in [0.5, 0.6) is 0 Å². The third-order valence-electron chi connectivity index (χ3n) is 4.71. The Labute approximate surface area is 157 Å². The zero-order valence-electron chi connectivity index (χ0n) is 14.9. The first-order chi connectivity index (χ1) is 13.0.